The van der Waals surface area contributed by atoms with E-state index in [1.54, 1.807) is 0 Å². The highest BCUT2D eigenvalue weighted by molar-refractivity contribution is 6.33. The summed E-state index contributed by atoms with van der Waals surface area (Å²) >= 11 is 6.28. The fraction of sp³-hybridized carbons (Fsp3) is 0.350. The van der Waals surface area contributed by atoms with Crippen molar-refractivity contribution in [2.24, 2.45) is 0 Å². The number of nitrogens with one attached hydrogen (secondary N) is 2. The summed E-state index contributed by atoms with van der Waals surface area (Å²) in [6.07, 6.45) is 0. The minimum absolute atomic E-state index is 0.0124. The van der Waals surface area contributed by atoms with Gasteiger partial charge < -0.3 is 19.9 Å². The monoisotopic (exact) mass is 374 g/mol. The summed E-state index contributed by atoms with van der Waals surface area (Å²) in [5, 5.41) is 3.75. The molecule has 1 fully saturated rings. The third kappa shape index (κ3) is 4.68. The summed E-state index contributed by atoms with van der Waals surface area (Å²) in [5.74, 6) is 0.722. The maximum absolute atomic E-state index is 12.4. The van der Waals surface area contributed by atoms with Crippen LogP contribution in [0.5, 0.6) is 5.75 Å². The molecule has 1 heterocycles. The lowest BCUT2D eigenvalue weighted by Crippen LogP contribution is -3.15. The Hall–Kier alpha value is -2.24. The van der Waals surface area contributed by atoms with Crippen LogP contribution in [-0.2, 0) is 4.79 Å². The van der Waals surface area contributed by atoms with E-state index in [0.29, 0.717) is 18.9 Å². The van der Waals surface area contributed by atoms with E-state index in [1.165, 1.54) is 4.90 Å². The molecule has 1 saturated heterocycles. The molecule has 26 heavy (non-hydrogen) atoms. The predicted molar refractivity (Wildman–Crippen MR) is 105 cm³/mol. The Morgan fingerprint density at radius 1 is 1.15 bits per heavy atom. The van der Waals surface area contributed by atoms with Crippen LogP contribution >= 0.6 is 11.6 Å². The van der Waals surface area contributed by atoms with Gasteiger partial charge in [0, 0.05) is 0 Å². The second kappa shape index (κ2) is 8.92. The highest BCUT2D eigenvalue weighted by Crippen LogP contribution is 2.25. The van der Waals surface area contributed by atoms with Gasteiger partial charge in [0.2, 0.25) is 0 Å². The van der Waals surface area contributed by atoms with Gasteiger partial charge in [-0.15, -0.1) is 0 Å². The van der Waals surface area contributed by atoms with Crippen LogP contribution in [0.3, 0.4) is 0 Å². The van der Waals surface area contributed by atoms with Crippen molar-refractivity contribution < 1.29 is 14.4 Å². The molecule has 3 rings (SSSR count). The average molecular weight is 375 g/mol. The number of hydrogen-bond donors (Lipinski definition) is 2. The number of ether oxygens (including phenoxy) is 1. The molecule has 0 bridgehead atoms. The highest BCUT2D eigenvalue weighted by atomic mass is 35.5. The Morgan fingerprint density at radius 3 is 2.58 bits per heavy atom. The lowest BCUT2D eigenvalue weighted by Gasteiger charge is -2.33. The summed E-state index contributed by atoms with van der Waals surface area (Å²) in [6.45, 7) is 6.56. The number of quaternary nitrogens is 1. The molecule has 138 valence electrons. The highest BCUT2D eigenvalue weighted by Gasteiger charge is 2.23. The van der Waals surface area contributed by atoms with Crippen LogP contribution in [0, 0.1) is 0 Å². The molecule has 2 aromatic rings. The summed E-state index contributed by atoms with van der Waals surface area (Å²) in [7, 11) is 0. The zero-order chi connectivity index (χ0) is 18.4. The zero-order valence-corrected chi connectivity index (χ0v) is 15.8. The molecule has 0 aromatic heterocycles. The number of hydrogen-bond acceptors (Lipinski definition) is 3. The van der Waals surface area contributed by atoms with Crippen molar-refractivity contribution in [3.05, 3.63) is 53.6 Å². The number of piperazine rings is 1. The Bertz CT molecular complexity index is 745. The molecule has 1 aliphatic rings. The first kappa shape index (κ1) is 18.5. The van der Waals surface area contributed by atoms with Crippen molar-refractivity contribution in [3.8, 4) is 5.75 Å². The molecule has 1 amide bonds. The standard InChI is InChI=1S/C20H24ClN3O2/c1-2-26-19-10-6-4-8-17(19)22-20(25)15-23-11-13-24(14-12-23)18-9-5-3-7-16(18)21/h3-10H,2,11-15H2,1H3,(H,22,25)/p+1. The molecule has 0 atom stereocenters. The molecule has 6 heteroatoms. The normalized spacial score (nSPS) is 14.9. The molecule has 0 aliphatic carbocycles. The van der Waals surface area contributed by atoms with Crippen LogP contribution in [-0.4, -0.2) is 45.2 Å². The quantitative estimate of drug-likeness (QED) is 0.813. The third-order valence-electron chi connectivity index (χ3n) is 4.54. The number of carbonyl (C=O) groups excluding carboxylic acids is 1. The van der Waals surface area contributed by atoms with E-state index in [1.807, 2.05) is 55.5 Å². The summed E-state index contributed by atoms with van der Waals surface area (Å²) in [4.78, 5) is 16.0. The van der Waals surface area contributed by atoms with Crippen molar-refractivity contribution >= 4 is 28.9 Å². The van der Waals surface area contributed by atoms with Gasteiger partial charge in [0.15, 0.2) is 6.54 Å². The fourth-order valence-corrected chi connectivity index (χ4v) is 3.48. The van der Waals surface area contributed by atoms with Gasteiger partial charge in [-0.2, -0.15) is 0 Å². The number of anilines is 2. The van der Waals surface area contributed by atoms with E-state index in [2.05, 4.69) is 10.2 Å². The molecule has 0 unspecified atom stereocenters. The lowest BCUT2D eigenvalue weighted by atomic mass is 10.2. The van der Waals surface area contributed by atoms with Crippen LogP contribution in [0.4, 0.5) is 11.4 Å². The van der Waals surface area contributed by atoms with Gasteiger partial charge in [-0.1, -0.05) is 35.9 Å². The van der Waals surface area contributed by atoms with Gasteiger partial charge in [-0.25, -0.2) is 0 Å². The maximum atomic E-state index is 12.4. The second-order valence-corrected chi connectivity index (χ2v) is 6.75. The van der Waals surface area contributed by atoms with Crippen molar-refractivity contribution in [3.63, 3.8) is 0 Å². The van der Waals surface area contributed by atoms with Crippen molar-refractivity contribution in [1.29, 1.82) is 0 Å². The van der Waals surface area contributed by atoms with Crippen LogP contribution in [0.25, 0.3) is 0 Å². The zero-order valence-electron chi connectivity index (χ0n) is 15.0. The van der Waals surface area contributed by atoms with E-state index < -0.39 is 0 Å². The largest absolute Gasteiger partial charge is 0.492 e. The first-order valence-corrected chi connectivity index (χ1v) is 9.40. The second-order valence-electron chi connectivity index (χ2n) is 6.34. The van der Waals surface area contributed by atoms with Crippen LogP contribution in [0.2, 0.25) is 5.02 Å². The van der Waals surface area contributed by atoms with Gasteiger partial charge in [-0.05, 0) is 31.2 Å². The first-order valence-electron chi connectivity index (χ1n) is 9.02. The summed E-state index contributed by atoms with van der Waals surface area (Å²) in [6, 6.07) is 15.4. The molecule has 2 N–H and O–H groups in total. The Kier molecular flexibility index (Phi) is 6.36. The molecule has 0 spiro atoms. The van der Waals surface area contributed by atoms with E-state index in [-0.39, 0.29) is 5.91 Å². The topological polar surface area (TPSA) is 46.0 Å². The molecule has 2 aromatic carbocycles. The SMILES string of the molecule is CCOc1ccccc1NC(=O)C[NH+]1CCN(c2ccccc2Cl)CC1. The van der Waals surface area contributed by atoms with Gasteiger partial charge in [0.25, 0.3) is 5.91 Å². The molecular formula is C20H25ClN3O2+. The smallest absolute Gasteiger partial charge is 0.279 e. The van der Waals surface area contributed by atoms with Gasteiger partial charge >= 0.3 is 0 Å². The Balaban J connectivity index is 1.52. The van der Waals surface area contributed by atoms with E-state index in [0.717, 1.165) is 42.6 Å². The average Bonchev–Trinajstić information content (AvgIpc) is 2.65. The molecule has 1 aliphatic heterocycles. The number of amides is 1. The fourth-order valence-electron chi connectivity index (χ4n) is 3.22. The first-order chi connectivity index (χ1) is 12.7. The molecular weight excluding hydrogens is 350 g/mol. The Morgan fingerprint density at radius 2 is 1.85 bits per heavy atom. The molecule has 5 nitrogen and oxygen atoms in total. The number of benzene rings is 2. The van der Waals surface area contributed by atoms with Gasteiger partial charge in [0.1, 0.15) is 5.75 Å². The van der Waals surface area contributed by atoms with E-state index >= 15 is 0 Å². The number of rotatable bonds is 6. The maximum Gasteiger partial charge on any atom is 0.279 e. The Labute approximate surface area is 159 Å². The van der Waals surface area contributed by atoms with Crippen molar-refractivity contribution in [1.82, 2.24) is 0 Å². The summed E-state index contributed by atoms with van der Waals surface area (Å²) < 4.78 is 5.56. The third-order valence-corrected chi connectivity index (χ3v) is 4.85. The minimum atomic E-state index is 0.0124. The van der Waals surface area contributed by atoms with E-state index in [9.17, 15) is 4.79 Å². The lowest BCUT2D eigenvalue weighted by molar-refractivity contribution is -0.892. The van der Waals surface area contributed by atoms with Gasteiger partial charge in [-0.3, -0.25) is 4.79 Å². The molecule has 0 radical (unpaired) electrons. The summed E-state index contributed by atoms with van der Waals surface area (Å²) in [5.41, 5.74) is 1.80. The molecule has 0 saturated carbocycles. The van der Waals surface area contributed by atoms with Crippen LogP contribution < -0.4 is 19.9 Å². The van der Waals surface area contributed by atoms with Crippen molar-refractivity contribution in [2.75, 3.05) is 49.5 Å². The van der Waals surface area contributed by atoms with Crippen LogP contribution in [0.1, 0.15) is 6.92 Å². The number of nitrogens with zero attached hydrogens (tertiary/aromatic N) is 1. The number of halogens is 1. The number of para-hydroxylation sites is 3. The predicted octanol–water partition coefficient (Wildman–Crippen LogP) is 2.08. The van der Waals surface area contributed by atoms with Gasteiger partial charge in [0.05, 0.1) is 49.2 Å². The number of carbonyl (C=O) groups is 1. The van der Waals surface area contributed by atoms with Crippen molar-refractivity contribution in [2.45, 2.75) is 6.92 Å². The minimum Gasteiger partial charge on any atom is -0.492 e. The van der Waals surface area contributed by atoms with Crippen LogP contribution in [0.15, 0.2) is 48.5 Å². The van der Waals surface area contributed by atoms with E-state index in [4.69, 9.17) is 16.3 Å².